The Labute approximate surface area is 126 Å². The topological polar surface area (TPSA) is 40.2 Å². The highest BCUT2D eigenvalue weighted by Crippen LogP contribution is 2.27. The second-order valence-electron chi connectivity index (χ2n) is 5.56. The number of hydrogen-bond donors (Lipinski definition) is 2. The van der Waals surface area contributed by atoms with Gasteiger partial charge in [0.05, 0.1) is 16.6 Å². The lowest BCUT2D eigenvalue weighted by atomic mass is 10.0. The molecule has 0 fully saturated rings. The van der Waals surface area contributed by atoms with E-state index in [0.717, 1.165) is 21.8 Å². The van der Waals surface area contributed by atoms with Crippen molar-refractivity contribution in [3.63, 3.8) is 0 Å². The Morgan fingerprint density at radius 1 is 0.818 bits per heavy atom. The van der Waals surface area contributed by atoms with E-state index in [1.165, 1.54) is 21.7 Å². The van der Waals surface area contributed by atoms with E-state index in [4.69, 9.17) is 0 Å². The second-order valence-corrected chi connectivity index (χ2v) is 5.56. The summed E-state index contributed by atoms with van der Waals surface area (Å²) in [6.07, 6.45) is 4.20. The van der Waals surface area contributed by atoms with Gasteiger partial charge in [0, 0.05) is 22.4 Å². The number of aromatic amines is 1. The van der Waals surface area contributed by atoms with Gasteiger partial charge >= 0.3 is 0 Å². The van der Waals surface area contributed by atoms with Gasteiger partial charge in [-0.25, -0.2) is 0 Å². The monoisotopic (exact) mass is 283 g/mol. The van der Waals surface area contributed by atoms with E-state index >= 15 is 0 Å². The molecule has 0 atom stereocenters. The van der Waals surface area contributed by atoms with Crippen molar-refractivity contribution in [3.8, 4) is 0 Å². The highest BCUT2D eigenvalue weighted by Gasteiger charge is 2.09. The fourth-order valence-corrected chi connectivity index (χ4v) is 3.20. The molecular weight excluding hydrogens is 270 g/mol. The number of hydrogen-bond acceptors (Lipinski definition) is 2. The number of fused-ring (bicyclic) bond motifs is 6. The van der Waals surface area contributed by atoms with Gasteiger partial charge in [0.2, 0.25) is 0 Å². The molecule has 0 radical (unpaired) electrons. The van der Waals surface area contributed by atoms with Crippen molar-refractivity contribution >= 4 is 33.4 Å². The van der Waals surface area contributed by atoms with Crippen LogP contribution in [0, 0.1) is 0 Å². The lowest BCUT2D eigenvalue weighted by molar-refractivity contribution is 1.21. The van der Waals surface area contributed by atoms with Crippen LogP contribution in [-0.4, -0.2) is 4.98 Å². The van der Waals surface area contributed by atoms with Gasteiger partial charge in [-0.05, 0) is 35.0 Å². The predicted octanol–water partition coefficient (Wildman–Crippen LogP) is 3.11. The summed E-state index contributed by atoms with van der Waals surface area (Å²) in [5, 5.41) is 10.3. The Kier molecular flexibility index (Phi) is 2.22. The minimum absolute atomic E-state index is 0.954. The third-order valence-electron chi connectivity index (χ3n) is 4.30. The van der Waals surface area contributed by atoms with Gasteiger partial charge in [0.15, 0.2) is 0 Å². The van der Waals surface area contributed by atoms with E-state index in [9.17, 15) is 0 Å². The van der Waals surface area contributed by atoms with Crippen LogP contribution in [0.15, 0.2) is 65.9 Å². The second kappa shape index (κ2) is 4.21. The SMILES string of the molecule is C1=c2c(ccc3cc[nH]c23)=NNc2ccc3ccccc3c21. The first kappa shape index (κ1) is 11.6. The number of rotatable bonds is 0. The van der Waals surface area contributed by atoms with Crippen molar-refractivity contribution < 1.29 is 0 Å². The molecule has 104 valence electrons. The first-order chi connectivity index (χ1) is 10.9. The highest BCUT2D eigenvalue weighted by molar-refractivity contribution is 5.97. The van der Waals surface area contributed by atoms with Crippen molar-refractivity contribution in [3.05, 3.63) is 76.9 Å². The van der Waals surface area contributed by atoms with Crippen molar-refractivity contribution in [1.29, 1.82) is 0 Å². The third-order valence-corrected chi connectivity index (χ3v) is 4.30. The molecule has 0 saturated heterocycles. The van der Waals surface area contributed by atoms with Crippen LogP contribution in [0.5, 0.6) is 0 Å². The molecule has 0 saturated carbocycles. The molecule has 22 heavy (non-hydrogen) atoms. The van der Waals surface area contributed by atoms with Gasteiger partial charge in [-0.1, -0.05) is 36.4 Å². The van der Waals surface area contributed by atoms with E-state index < -0.39 is 0 Å². The van der Waals surface area contributed by atoms with Crippen molar-refractivity contribution in [2.24, 2.45) is 5.10 Å². The molecule has 1 aromatic heterocycles. The molecular formula is C19H13N3. The smallest absolute Gasteiger partial charge is 0.0927 e. The van der Waals surface area contributed by atoms with E-state index in [1.54, 1.807) is 0 Å². The summed E-state index contributed by atoms with van der Waals surface area (Å²) in [7, 11) is 0. The fraction of sp³-hybridized carbons (Fsp3) is 0. The standard InChI is InChI=1S/C19H13N3/c1-2-4-14-12(3-1)5-7-17-15(14)11-16-18(22-21-17)8-6-13-9-10-20-19(13)16/h1-11,20-21H. The summed E-state index contributed by atoms with van der Waals surface area (Å²) < 4.78 is 0. The summed E-state index contributed by atoms with van der Waals surface area (Å²) in [6, 6.07) is 18.9. The average molecular weight is 283 g/mol. The van der Waals surface area contributed by atoms with E-state index in [1.807, 2.05) is 6.20 Å². The van der Waals surface area contributed by atoms with Crippen LogP contribution in [0.1, 0.15) is 5.56 Å². The number of benzene rings is 3. The molecule has 4 aromatic rings. The van der Waals surface area contributed by atoms with E-state index in [-0.39, 0.29) is 0 Å². The molecule has 0 aliphatic carbocycles. The summed E-state index contributed by atoms with van der Waals surface area (Å²) in [4.78, 5) is 3.34. The zero-order chi connectivity index (χ0) is 14.5. The Morgan fingerprint density at radius 2 is 1.73 bits per heavy atom. The molecule has 3 aromatic carbocycles. The summed E-state index contributed by atoms with van der Waals surface area (Å²) in [5.41, 5.74) is 6.56. The molecule has 0 bridgehead atoms. The van der Waals surface area contributed by atoms with Gasteiger partial charge in [0.1, 0.15) is 0 Å². The lowest BCUT2D eigenvalue weighted by Crippen LogP contribution is -2.25. The summed E-state index contributed by atoms with van der Waals surface area (Å²) in [5.74, 6) is 0. The first-order valence-corrected chi connectivity index (χ1v) is 7.33. The first-order valence-electron chi connectivity index (χ1n) is 7.33. The zero-order valence-electron chi connectivity index (χ0n) is 11.8. The highest BCUT2D eigenvalue weighted by atomic mass is 15.3. The fourth-order valence-electron chi connectivity index (χ4n) is 3.20. The van der Waals surface area contributed by atoms with E-state index in [0.29, 0.717) is 0 Å². The zero-order valence-corrected chi connectivity index (χ0v) is 11.8. The molecule has 0 unspecified atom stereocenters. The van der Waals surface area contributed by atoms with Gasteiger partial charge in [-0.15, -0.1) is 0 Å². The molecule has 3 nitrogen and oxygen atoms in total. The van der Waals surface area contributed by atoms with Crippen LogP contribution in [-0.2, 0) is 0 Å². The maximum absolute atomic E-state index is 4.56. The van der Waals surface area contributed by atoms with Gasteiger partial charge in [-0.2, -0.15) is 5.10 Å². The molecule has 1 aliphatic rings. The lowest BCUT2D eigenvalue weighted by Gasteiger charge is -2.07. The molecule has 5 rings (SSSR count). The molecule has 2 N–H and O–H groups in total. The normalized spacial score (nSPS) is 12.7. The molecule has 2 heterocycles. The van der Waals surface area contributed by atoms with Gasteiger partial charge < -0.3 is 4.98 Å². The molecule has 0 amide bonds. The van der Waals surface area contributed by atoms with Crippen LogP contribution in [0.3, 0.4) is 0 Å². The number of anilines is 1. The van der Waals surface area contributed by atoms with Crippen molar-refractivity contribution in [1.82, 2.24) is 4.98 Å². The Balaban J connectivity index is 2.00. The maximum atomic E-state index is 4.56. The Hall–Kier alpha value is -3.07. The average Bonchev–Trinajstić information content (AvgIpc) is 2.95. The van der Waals surface area contributed by atoms with Gasteiger partial charge in [0.25, 0.3) is 0 Å². The molecule has 1 aliphatic heterocycles. The largest absolute Gasteiger partial charge is 0.361 e. The van der Waals surface area contributed by atoms with Crippen LogP contribution in [0.25, 0.3) is 27.8 Å². The quantitative estimate of drug-likeness (QED) is 0.511. The summed E-state index contributed by atoms with van der Waals surface area (Å²) >= 11 is 0. The van der Waals surface area contributed by atoms with Crippen LogP contribution in [0.4, 0.5) is 5.69 Å². The van der Waals surface area contributed by atoms with Crippen molar-refractivity contribution in [2.45, 2.75) is 0 Å². The van der Waals surface area contributed by atoms with Gasteiger partial charge in [-0.3, -0.25) is 5.43 Å². The van der Waals surface area contributed by atoms with Crippen LogP contribution < -0.4 is 16.0 Å². The van der Waals surface area contributed by atoms with Crippen LogP contribution in [0.2, 0.25) is 0 Å². The Bertz CT molecular complexity index is 1150. The number of nitrogens with one attached hydrogen (secondary N) is 2. The van der Waals surface area contributed by atoms with E-state index in [2.05, 4.69) is 76.2 Å². The number of nitrogens with zero attached hydrogens (tertiary/aromatic N) is 1. The third kappa shape index (κ3) is 1.53. The number of aromatic nitrogens is 1. The van der Waals surface area contributed by atoms with Crippen molar-refractivity contribution in [2.75, 3.05) is 5.43 Å². The number of H-pyrrole nitrogens is 1. The maximum Gasteiger partial charge on any atom is 0.0927 e. The predicted molar refractivity (Wildman–Crippen MR) is 90.2 cm³/mol. The summed E-state index contributed by atoms with van der Waals surface area (Å²) in [6.45, 7) is 0. The minimum Gasteiger partial charge on any atom is -0.361 e. The minimum atomic E-state index is 0.954. The molecule has 3 heteroatoms. The Morgan fingerprint density at radius 3 is 2.73 bits per heavy atom. The molecule has 0 spiro atoms. The van der Waals surface area contributed by atoms with Crippen LogP contribution >= 0.6 is 0 Å².